The van der Waals surface area contributed by atoms with E-state index in [1.165, 1.54) is 0 Å². The molecule has 0 aromatic heterocycles. The molecule has 0 aliphatic heterocycles. The molecule has 4 heteroatoms. The van der Waals surface area contributed by atoms with E-state index in [1.807, 2.05) is 27.7 Å². The van der Waals surface area contributed by atoms with Crippen molar-refractivity contribution in [1.82, 2.24) is 0 Å². The third kappa shape index (κ3) is 7.18. The maximum Gasteiger partial charge on any atom is 0.414 e. The largest absolute Gasteiger partial charge is 0.414 e. The van der Waals surface area contributed by atoms with E-state index in [2.05, 4.69) is 0 Å². The van der Waals surface area contributed by atoms with E-state index in [9.17, 15) is 13.2 Å². The van der Waals surface area contributed by atoms with Gasteiger partial charge in [0.25, 0.3) is 0 Å². The van der Waals surface area contributed by atoms with Crippen molar-refractivity contribution in [1.29, 1.82) is 0 Å². The normalized spacial score (nSPS) is 15.9. The first-order chi connectivity index (χ1) is 6.25. The van der Waals surface area contributed by atoms with Crippen molar-refractivity contribution in [2.24, 2.45) is 5.92 Å². The summed E-state index contributed by atoms with van der Waals surface area (Å²) < 4.78 is 40.6. The van der Waals surface area contributed by atoms with Crippen LogP contribution in [0.1, 0.15) is 41.5 Å². The van der Waals surface area contributed by atoms with Crippen molar-refractivity contribution in [3.63, 3.8) is 0 Å². The van der Waals surface area contributed by atoms with Gasteiger partial charge in [0, 0.05) is 0 Å². The first-order valence-electron chi connectivity index (χ1n) is 4.97. The summed E-state index contributed by atoms with van der Waals surface area (Å²) in [6.07, 6.45) is -6.28. The van der Waals surface area contributed by atoms with Crippen LogP contribution in [0.3, 0.4) is 0 Å². The molecule has 0 saturated heterocycles. The Balaban J connectivity index is 0. The minimum Gasteiger partial charge on any atom is -0.366 e. The molecule has 2 unspecified atom stereocenters. The predicted molar refractivity (Wildman–Crippen MR) is 52.3 cm³/mol. The molecule has 0 spiro atoms. The van der Waals surface area contributed by atoms with Crippen LogP contribution in [0.2, 0.25) is 0 Å². The van der Waals surface area contributed by atoms with Crippen LogP contribution in [0.25, 0.3) is 0 Å². The van der Waals surface area contributed by atoms with Crippen LogP contribution < -0.4 is 0 Å². The molecule has 0 aromatic carbocycles. The molecule has 2 atom stereocenters. The van der Waals surface area contributed by atoms with Gasteiger partial charge in [-0.15, -0.1) is 0 Å². The lowest BCUT2D eigenvalue weighted by molar-refractivity contribution is -0.228. The van der Waals surface area contributed by atoms with Crippen LogP contribution in [0, 0.1) is 5.92 Å². The summed E-state index contributed by atoms with van der Waals surface area (Å²) in [5.74, 6) is 0.106. The van der Waals surface area contributed by atoms with E-state index in [0.717, 1.165) is 6.92 Å². The Kier molecular flexibility index (Phi) is 8.21. The smallest absolute Gasteiger partial charge is 0.366 e. The first-order valence-corrected chi connectivity index (χ1v) is 4.97. The van der Waals surface area contributed by atoms with Crippen LogP contribution in [0.4, 0.5) is 13.2 Å². The Labute approximate surface area is 84.6 Å². The summed E-state index contributed by atoms with van der Waals surface area (Å²) in [6, 6.07) is 0. The van der Waals surface area contributed by atoms with Crippen molar-refractivity contribution >= 4 is 0 Å². The maximum atomic E-state index is 11.9. The number of hydrogen-bond acceptors (Lipinski definition) is 1. The van der Waals surface area contributed by atoms with Gasteiger partial charge in [-0.25, -0.2) is 0 Å². The topological polar surface area (TPSA) is 9.23 Å². The molecule has 1 nitrogen and oxygen atoms in total. The minimum absolute atomic E-state index is 0.106. The highest BCUT2D eigenvalue weighted by Gasteiger charge is 2.38. The molecule has 0 aliphatic rings. The van der Waals surface area contributed by atoms with Crippen LogP contribution in [-0.2, 0) is 4.74 Å². The van der Waals surface area contributed by atoms with Gasteiger partial charge >= 0.3 is 6.18 Å². The molecular weight excluding hydrogens is 193 g/mol. The second kappa shape index (κ2) is 7.10. The molecule has 88 valence electrons. The van der Waals surface area contributed by atoms with Crippen LogP contribution in [0.15, 0.2) is 0 Å². The Morgan fingerprint density at radius 1 is 0.929 bits per heavy atom. The summed E-state index contributed by atoms with van der Waals surface area (Å²) in [4.78, 5) is 0. The highest BCUT2D eigenvalue weighted by atomic mass is 19.4. The average molecular weight is 214 g/mol. The number of hydrogen-bond donors (Lipinski definition) is 0. The van der Waals surface area contributed by atoms with Crippen molar-refractivity contribution in [2.75, 3.05) is 0 Å². The van der Waals surface area contributed by atoms with Gasteiger partial charge in [-0.1, -0.05) is 27.7 Å². The first kappa shape index (κ1) is 16.2. The zero-order chi connectivity index (χ0) is 11.9. The van der Waals surface area contributed by atoms with E-state index >= 15 is 0 Å². The Morgan fingerprint density at radius 3 is 1.50 bits per heavy atom. The highest BCUT2D eigenvalue weighted by Crippen LogP contribution is 2.24. The monoisotopic (exact) mass is 214 g/mol. The zero-order valence-electron chi connectivity index (χ0n) is 9.77. The zero-order valence-corrected chi connectivity index (χ0v) is 9.77. The van der Waals surface area contributed by atoms with Gasteiger partial charge in [0.05, 0.1) is 6.10 Å². The van der Waals surface area contributed by atoms with Crippen molar-refractivity contribution in [3.05, 3.63) is 0 Å². The van der Waals surface area contributed by atoms with E-state index in [4.69, 9.17) is 4.74 Å². The SMILES string of the molecule is CC.CC(C)C(C)OC(C)C(F)(F)F. The van der Waals surface area contributed by atoms with Crippen LogP contribution in [-0.4, -0.2) is 18.4 Å². The highest BCUT2D eigenvalue weighted by molar-refractivity contribution is 4.65. The van der Waals surface area contributed by atoms with Crippen molar-refractivity contribution in [3.8, 4) is 0 Å². The summed E-state index contributed by atoms with van der Waals surface area (Å²) in [7, 11) is 0. The predicted octanol–water partition coefficient (Wildman–Crippen LogP) is 4.02. The van der Waals surface area contributed by atoms with E-state index in [0.29, 0.717) is 0 Å². The maximum absolute atomic E-state index is 11.9. The number of rotatable bonds is 3. The van der Waals surface area contributed by atoms with Gasteiger partial charge in [-0.2, -0.15) is 13.2 Å². The van der Waals surface area contributed by atoms with Gasteiger partial charge in [0.15, 0.2) is 6.10 Å². The molecule has 14 heavy (non-hydrogen) atoms. The van der Waals surface area contributed by atoms with Gasteiger partial charge in [0.2, 0.25) is 0 Å². The van der Waals surface area contributed by atoms with Crippen molar-refractivity contribution < 1.29 is 17.9 Å². The molecule has 0 N–H and O–H groups in total. The van der Waals surface area contributed by atoms with Gasteiger partial charge in [0.1, 0.15) is 0 Å². The molecule has 0 saturated carbocycles. The van der Waals surface area contributed by atoms with Crippen LogP contribution >= 0.6 is 0 Å². The molecular formula is C10H21F3O. The second-order valence-corrected chi connectivity index (χ2v) is 3.27. The molecule has 0 fully saturated rings. The number of ether oxygens (including phenoxy) is 1. The molecule has 0 amide bonds. The van der Waals surface area contributed by atoms with Gasteiger partial charge < -0.3 is 4.74 Å². The summed E-state index contributed by atoms with van der Waals surface area (Å²) in [5, 5.41) is 0. The molecule has 0 bridgehead atoms. The Morgan fingerprint density at radius 2 is 1.29 bits per heavy atom. The molecule has 0 heterocycles. The number of halogens is 3. The lowest BCUT2D eigenvalue weighted by atomic mass is 10.1. The number of alkyl halides is 3. The average Bonchev–Trinajstić information content (AvgIpc) is 2.06. The lowest BCUT2D eigenvalue weighted by Gasteiger charge is -2.23. The van der Waals surface area contributed by atoms with E-state index in [1.54, 1.807) is 6.92 Å². The van der Waals surface area contributed by atoms with Gasteiger partial charge in [-0.05, 0) is 19.8 Å². The quantitative estimate of drug-likeness (QED) is 0.689. The standard InChI is InChI=1S/C8H15F3O.C2H6/c1-5(2)6(3)12-7(4)8(9,10)11;1-2/h5-7H,1-4H3;1-2H3. The minimum atomic E-state index is -4.25. The molecule has 0 radical (unpaired) electrons. The summed E-state index contributed by atoms with van der Waals surface area (Å²) in [5.41, 5.74) is 0. The third-order valence-corrected chi connectivity index (χ3v) is 1.82. The fraction of sp³-hybridized carbons (Fsp3) is 1.00. The second-order valence-electron chi connectivity index (χ2n) is 3.27. The van der Waals surface area contributed by atoms with E-state index in [-0.39, 0.29) is 12.0 Å². The van der Waals surface area contributed by atoms with Crippen LogP contribution in [0.5, 0.6) is 0 Å². The summed E-state index contributed by atoms with van der Waals surface area (Å²) >= 11 is 0. The third-order valence-electron chi connectivity index (χ3n) is 1.82. The summed E-state index contributed by atoms with van der Waals surface area (Å²) in [6.45, 7) is 10.3. The van der Waals surface area contributed by atoms with E-state index < -0.39 is 12.3 Å². The van der Waals surface area contributed by atoms with Gasteiger partial charge in [-0.3, -0.25) is 0 Å². The Hall–Kier alpha value is -0.250. The molecule has 0 aromatic rings. The lowest BCUT2D eigenvalue weighted by Crippen LogP contribution is -2.33. The fourth-order valence-electron chi connectivity index (χ4n) is 0.556. The fourth-order valence-corrected chi connectivity index (χ4v) is 0.556. The molecule has 0 aliphatic carbocycles. The Bertz CT molecular complexity index is 132. The molecule has 0 rings (SSSR count). The van der Waals surface area contributed by atoms with Crippen molar-refractivity contribution in [2.45, 2.75) is 59.9 Å².